The van der Waals surface area contributed by atoms with E-state index >= 15 is 0 Å². The number of nitrogens with zero attached hydrogens (tertiary/aromatic N) is 4. The summed E-state index contributed by atoms with van der Waals surface area (Å²) in [6.45, 7) is 13.5. The van der Waals surface area contributed by atoms with Gasteiger partial charge in [0.1, 0.15) is 5.75 Å². The molecule has 0 saturated heterocycles. The first-order valence-electron chi connectivity index (χ1n) is 22.4. The number of hydrogen-bond acceptors (Lipinski definition) is 4. The number of aromatic nitrogens is 3. The van der Waals surface area contributed by atoms with Gasteiger partial charge in [-0.2, -0.15) is 5.26 Å². The minimum Gasteiger partial charge on any atom is -0.507 e. The summed E-state index contributed by atoms with van der Waals surface area (Å²) in [7, 11) is 0. The Morgan fingerprint density at radius 1 is 0.522 bits per heavy atom. The maximum atomic E-state index is 11.2. The van der Waals surface area contributed by atoms with Crippen molar-refractivity contribution in [2.24, 2.45) is 0 Å². The molecule has 6 heteroatoms. The van der Waals surface area contributed by atoms with Crippen molar-refractivity contribution in [3.05, 3.63) is 205 Å². The molecule has 0 spiro atoms. The van der Waals surface area contributed by atoms with E-state index in [4.69, 9.17) is 9.97 Å². The molecule has 0 fully saturated rings. The number of para-hydroxylation sites is 4. The Morgan fingerprint density at radius 3 is 1.81 bits per heavy atom. The van der Waals surface area contributed by atoms with Crippen molar-refractivity contribution >= 4 is 21.8 Å². The van der Waals surface area contributed by atoms with Crippen molar-refractivity contribution in [1.29, 1.82) is 5.26 Å². The number of pyridine rings is 2. The monoisotopic (exact) mass is 1050 g/mol. The van der Waals surface area contributed by atoms with Crippen molar-refractivity contribution in [3.63, 3.8) is 0 Å². The maximum Gasteiger partial charge on any atom is 0.124 e. The minimum atomic E-state index is -0.0876. The quantitative estimate of drug-likeness (QED) is 0.161. The second-order valence-electron chi connectivity index (χ2n) is 19.1. The fraction of sp³-hybridized carbons (Fsp3) is 0.131. The van der Waals surface area contributed by atoms with Crippen molar-refractivity contribution in [2.75, 3.05) is 0 Å². The standard InChI is InChI=1S/C61H49N4O.Pt/c1-60(2,3)47-32-43(33-48(37-47)61(4,5)6)44-35-55(64-56(36-44)53-18-11-13-22-58(53)66)46-30-42(40-25-23-39(38-62)24-26-40)29-45(31-46)54-34-41(27-28-63-54)50-19-14-20-52-51-17-10-12-21-57(51)65(59(50)52)49-15-8-7-9-16-49;/h7-30,32-37,66H,1-6H3;/q-1;. The van der Waals surface area contributed by atoms with Crippen LogP contribution in [0.25, 0.3) is 94.6 Å². The molecule has 0 radical (unpaired) electrons. The average molecular weight is 1050 g/mol. The Morgan fingerprint density at radius 2 is 1.10 bits per heavy atom. The normalized spacial score (nSPS) is 11.7. The molecular weight excluding hydrogens is 1000 g/mol. The van der Waals surface area contributed by atoms with Gasteiger partial charge in [0, 0.05) is 66.2 Å². The summed E-state index contributed by atoms with van der Waals surface area (Å²) in [4.78, 5) is 10.3. The second kappa shape index (κ2) is 17.8. The van der Waals surface area contributed by atoms with E-state index in [-0.39, 0.29) is 37.6 Å². The van der Waals surface area contributed by atoms with Crippen LogP contribution in [-0.2, 0) is 31.9 Å². The van der Waals surface area contributed by atoms with Gasteiger partial charge in [-0.05, 0) is 98.8 Å². The molecule has 0 aliphatic heterocycles. The van der Waals surface area contributed by atoms with Crippen LogP contribution >= 0.6 is 0 Å². The molecule has 1 N–H and O–H groups in total. The third-order valence-electron chi connectivity index (χ3n) is 12.6. The van der Waals surface area contributed by atoms with E-state index in [2.05, 4.69) is 186 Å². The number of nitriles is 1. The number of fused-ring (bicyclic) bond motifs is 3. The zero-order valence-electron chi connectivity index (χ0n) is 38.4. The molecule has 3 aromatic heterocycles. The van der Waals surface area contributed by atoms with Gasteiger partial charge >= 0.3 is 0 Å². The number of benzene rings is 7. The van der Waals surface area contributed by atoms with Gasteiger partial charge in [0.2, 0.25) is 0 Å². The first kappa shape index (κ1) is 44.8. The zero-order valence-corrected chi connectivity index (χ0v) is 40.6. The minimum absolute atomic E-state index is 0. The molecule has 0 aliphatic rings. The Labute approximate surface area is 407 Å². The van der Waals surface area contributed by atoms with Gasteiger partial charge in [-0.25, -0.2) is 0 Å². The zero-order chi connectivity index (χ0) is 45.7. The van der Waals surface area contributed by atoms with E-state index < -0.39 is 0 Å². The largest absolute Gasteiger partial charge is 0.507 e. The van der Waals surface area contributed by atoms with Gasteiger partial charge < -0.3 is 9.67 Å². The van der Waals surface area contributed by atoms with E-state index in [0.717, 1.165) is 66.9 Å². The van der Waals surface area contributed by atoms with Gasteiger partial charge in [-0.1, -0.05) is 167 Å². The maximum absolute atomic E-state index is 11.2. The van der Waals surface area contributed by atoms with Crippen molar-refractivity contribution < 1.29 is 26.2 Å². The first-order valence-corrected chi connectivity index (χ1v) is 22.4. The van der Waals surface area contributed by atoms with Crippen LogP contribution in [0.1, 0.15) is 58.2 Å². The molecule has 0 bridgehead atoms. The predicted octanol–water partition coefficient (Wildman–Crippen LogP) is 15.5. The second-order valence-corrected chi connectivity index (χ2v) is 19.1. The fourth-order valence-electron chi connectivity index (χ4n) is 8.92. The Balaban J connectivity index is 0.00000562. The van der Waals surface area contributed by atoms with Crippen LogP contribution in [0.15, 0.2) is 182 Å². The SMILES string of the molecule is CC(C)(C)c1cc(-c2cc(-c3[c-]c(-c4cc(-c5cccc6c7ccccc7n(-c7ccccc7)c56)ccn4)cc(-c4ccc(C#N)cc4)c3)nc(-c3ccccc3O)c2)cc(C(C)(C)C)c1.[Pt]. The van der Waals surface area contributed by atoms with Crippen LogP contribution in [0.3, 0.4) is 0 Å². The van der Waals surface area contributed by atoms with E-state index in [9.17, 15) is 10.4 Å². The molecule has 10 rings (SSSR count). The predicted molar refractivity (Wildman–Crippen MR) is 272 cm³/mol. The van der Waals surface area contributed by atoms with E-state index in [0.29, 0.717) is 22.5 Å². The van der Waals surface area contributed by atoms with Gasteiger partial charge in [0.15, 0.2) is 0 Å². The first-order chi connectivity index (χ1) is 31.8. The van der Waals surface area contributed by atoms with E-state index in [1.54, 1.807) is 6.07 Å². The smallest absolute Gasteiger partial charge is 0.124 e. The van der Waals surface area contributed by atoms with E-state index in [1.165, 1.54) is 21.9 Å². The number of phenols is 1. The molecule has 10 aromatic rings. The van der Waals surface area contributed by atoms with Crippen LogP contribution in [0.2, 0.25) is 0 Å². The van der Waals surface area contributed by atoms with Crippen LogP contribution in [0.4, 0.5) is 0 Å². The summed E-state index contributed by atoms with van der Waals surface area (Å²) in [6, 6.07) is 66.3. The molecule has 0 amide bonds. The summed E-state index contributed by atoms with van der Waals surface area (Å²) in [5.41, 5.74) is 16.6. The van der Waals surface area contributed by atoms with Gasteiger partial charge in [0.25, 0.3) is 0 Å². The Bertz CT molecular complexity index is 3480. The molecule has 7 aromatic carbocycles. The number of hydrogen-bond donors (Lipinski definition) is 1. The number of rotatable bonds is 7. The van der Waals surface area contributed by atoms with Gasteiger partial charge in [-0.15, -0.1) is 18.2 Å². The Hall–Kier alpha value is -7.38. The molecular formula is C61H49N4OPt-. The molecule has 67 heavy (non-hydrogen) atoms. The number of phenolic OH excluding ortho intramolecular Hbond substituents is 1. The third-order valence-corrected chi connectivity index (χ3v) is 12.6. The van der Waals surface area contributed by atoms with Crippen LogP contribution < -0.4 is 0 Å². The van der Waals surface area contributed by atoms with Crippen LogP contribution in [0, 0.1) is 17.4 Å². The van der Waals surface area contributed by atoms with Crippen LogP contribution in [0.5, 0.6) is 5.75 Å². The van der Waals surface area contributed by atoms with Gasteiger partial charge in [-0.3, -0.25) is 9.97 Å². The third kappa shape index (κ3) is 8.74. The molecule has 0 atom stereocenters. The molecule has 0 unspecified atom stereocenters. The number of aromatic hydroxyl groups is 1. The molecule has 0 saturated carbocycles. The average Bonchev–Trinajstić information content (AvgIpc) is 3.68. The molecule has 330 valence electrons. The van der Waals surface area contributed by atoms with Crippen LogP contribution in [-0.4, -0.2) is 19.6 Å². The summed E-state index contributed by atoms with van der Waals surface area (Å²) in [5, 5.41) is 23.3. The van der Waals surface area contributed by atoms with Crippen molar-refractivity contribution in [1.82, 2.24) is 14.5 Å². The van der Waals surface area contributed by atoms with Crippen molar-refractivity contribution in [3.8, 4) is 84.7 Å². The Kier molecular flexibility index (Phi) is 11.9. The molecule has 3 heterocycles. The van der Waals surface area contributed by atoms with Crippen molar-refractivity contribution in [2.45, 2.75) is 52.4 Å². The summed E-state index contributed by atoms with van der Waals surface area (Å²) < 4.78 is 2.36. The summed E-state index contributed by atoms with van der Waals surface area (Å²) in [5.74, 6) is 0.158. The summed E-state index contributed by atoms with van der Waals surface area (Å²) >= 11 is 0. The van der Waals surface area contributed by atoms with Gasteiger partial charge in [0.05, 0.1) is 28.4 Å². The molecule has 5 nitrogen and oxygen atoms in total. The summed E-state index contributed by atoms with van der Waals surface area (Å²) in [6.07, 6.45) is 1.88. The van der Waals surface area contributed by atoms with E-state index in [1.807, 2.05) is 48.7 Å². The molecule has 0 aliphatic carbocycles. The topological polar surface area (TPSA) is 74.7 Å². The fourth-order valence-corrected chi connectivity index (χ4v) is 8.92.